The molecule has 2 heterocycles. The number of amides is 3. The third-order valence-electron chi connectivity index (χ3n) is 5.76. The first-order valence-corrected chi connectivity index (χ1v) is 12.1. The van der Waals surface area contributed by atoms with Crippen LogP contribution >= 0.6 is 0 Å². The quantitative estimate of drug-likeness (QED) is 0.195. The van der Waals surface area contributed by atoms with Gasteiger partial charge in [0.1, 0.15) is 6.04 Å². The number of piperidine rings is 1. The summed E-state index contributed by atoms with van der Waals surface area (Å²) in [5.41, 5.74) is 7.76. The van der Waals surface area contributed by atoms with E-state index in [-0.39, 0.29) is 18.2 Å². The minimum absolute atomic E-state index is 0.160. The molecular formula is C24H36N4O7. The molecule has 11 nitrogen and oxygen atoms in total. The number of ether oxygens (including phenoxy) is 4. The van der Waals surface area contributed by atoms with Crippen molar-refractivity contribution in [3.05, 3.63) is 34.9 Å². The number of nitrogens with two attached hydrogens (primary N) is 1. The van der Waals surface area contributed by atoms with E-state index in [2.05, 4.69) is 10.6 Å². The highest BCUT2D eigenvalue weighted by molar-refractivity contribution is 6.05. The second-order valence-electron chi connectivity index (χ2n) is 8.27. The van der Waals surface area contributed by atoms with Gasteiger partial charge in [-0.05, 0) is 17.5 Å². The number of carbonyl (C=O) groups excluding carboxylic acids is 3. The lowest BCUT2D eigenvalue weighted by Crippen LogP contribution is -2.52. The fourth-order valence-electron chi connectivity index (χ4n) is 4.05. The molecule has 0 bridgehead atoms. The first-order valence-electron chi connectivity index (χ1n) is 12.1. The van der Waals surface area contributed by atoms with Crippen molar-refractivity contribution in [2.24, 2.45) is 5.73 Å². The highest BCUT2D eigenvalue weighted by atomic mass is 16.6. The molecule has 0 aliphatic carbocycles. The molecule has 4 N–H and O–H groups in total. The van der Waals surface area contributed by atoms with Crippen molar-refractivity contribution in [3.8, 4) is 0 Å². The first-order chi connectivity index (χ1) is 17.1. The summed E-state index contributed by atoms with van der Waals surface area (Å²) in [6, 6.07) is 5.14. The van der Waals surface area contributed by atoms with Crippen molar-refractivity contribution in [1.29, 1.82) is 0 Å². The minimum atomic E-state index is -0.606. The van der Waals surface area contributed by atoms with Crippen molar-refractivity contribution >= 4 is 17.7 Å². The van der Waals surface area contributed by atoms with Gasteiger partial charge < -0.3 is 34.9 Å². The molecule has 3 amide bonds. The van der Waals surface area contributed by atoms with Crippen LogP contribution in [0, 0.1) is 0 Å². The largest absolute Gasteiger partial charge is 0.378 e. The molecule has 1 unspecified atom stereocenters. The average Bonchev–Trinajstić information content (AvgIpc) is 3.18. The summed E-state index contributed by atoms with van der Waals surface area (Å²) >= 11 is 0. The average molecular weight is 493 g/mol. The van der Waals surface area contributed by atoms with E-state index in [4.69, 9.17) is 24.7 Å². The monoisotopic (exact) mass is 492 g/mol. The van der Waals surface area contributed by atoms with Gasteiger partial charge in [-0.2, -0.15) is 0 Å². The maximum absolute atomic E-state index is 13.1. The SMILES string of the molecule is NCCOCCOCCOCCOCCNCc1cccc2c1C(=O)N(C1CCC(=O)NC1=O)C2. The zero-order chi connectivity index (χ0) is 24.9. The van der Waals surface area contributed by atoms with Crippen LogP contribution in [-0.2, 0) is 41.6 Å². The molecule has 3 rings (SSSR count). The Morgan fingerprint density at radius 3 is 2.26 bits per heavy atom. The third kappa shape index (κ3) is 8.34. The Bertz CT molecular complexity index is 851. The van der Waals surface area contributed by atoms with Gasteiger partial charge in [-0.1, -0.05) is 18.2 Å². The molecule has 11 heteroatoms. The highest BCUT2D eigenvalue weighted by Gasteiger charge is 2.39. The summed E-state index contributed by atoms with van der Waals surface area (Å²) in [5.74, 6) is -0.848. The molecule has 1 atom stereocenters. The van der Waals surface area contributed by atoms with Crippen molar-refractivity contribution in [2.75, 3.05) is 65.9 Å². The van der Waals surface area contributed by atoms with Crippen LogP contribution in [0.3, 0.4) is 0 Å². The van der Waals surface area contributed by atoms with Crippen LogP contribution in [0.15, 0.2) is 18.2 Å². The number of hydrogen-bond acceptors (Lipinski definition) is 9. The summed E-state index contributed by atoms with van der Waals surface area (Å²) in [6.07, 6.45) is 0.602. The Labute approximate surface area is 205 Å². The van der Waals surface area contributed by atoms with Crippen molar-refractivity contribution < 1.29 is 33.3 Å². The molecule has 35 heavy (non-hydrogen) atoms. The van der Waals surface area contributed by atoms with Gasteiger partial charge in [-0.15, -0.1) is 0 Å². The summed E-state index contributed by atoms with van der Waals surface area (Å²) in [5, 5.41) is 5.63. The van der Waals surface area contributed by atoms with Crippen LogP contribution in [0.1, 0.15) is 34.3 Å². The summed E-state index contributed by atoms with van der Waals surface area (Å²) < 4.78 is 21.6. The number of hydrogen-bond donors (Lipinski definition) is 3. The van der Waals surface area contributed by atoms with E-state index in [1.54, 1.807) is 4.90 Å². The smallest absolute Gasteiger partial charge is 0.255 e. The maximum atomic E-state index is 13.1. The topological polar surface area (TPSA) is 141 Å². The Balaban J connectivity index is 1.27. The normalized spacial score (nSPS) is 17.7. The Hall–Kier alpha value is -2.41. The predicted octanol–water partition coefficient (Wildman–Crippen LogP) is -0.438. The third-order valence-corrected chi connectivity index (χ3v) is 5.76. The Kier molecular flexibility index (Phi) is 11.5. The van der Waals surface area contributed by atoms with Crippen LogP contribution in [0.2, 0.25) is 0 Å². The van der Waals surface area contributed by atoms with Crippen molar-refractivity contribution in [3.63, 3.8) is 0 Å². The fourth-order valence-corrected chi connectivity index (χ4v) is 4.05. The van der Waals surface area contributed by atoms with Gasteiger partial charge in [0.25, 0.3) is 5.91 Å². The van der Waals surface area contributed by atoms with E-state index in [9.17, 15) is 14.4 Å². The van der Waals surface area contributed by atoms with E-state index in [0.29, 0.717) is 91.0 Å². The second-order valence-corrected chi connectivity index (χ2v) is 8.27. The summed E-state index contributed by atoms with van der Waals surface area (Å²) in [7, 11) is 0. The second kappa shape index (κ2) is 14.9. The predicted molar refractivity (Wildman–Crippen MR) is 127 cm³/mol. The molecule has 0 radical (unpaired) electrons. The van der Waals surface area contributed by atoms with Gasteiger partial charge in [0, 0.05) is 38.2 Å². The van der Waals surface area contributed by atoms with Gasteiger partial charge in [0.15, 0.2) is 0 Å². The van der Waals surface area contributed by atoms with Crippen LogP contribution in [-0.4, -0.2) is 94.6 Å². The minimum Gasteiger partial charge on any atom is -0.378 e. The summed E-state index contributed by atoms with van der Waals surface area (Å²) in [4.78, 5) is 38.3. The number of rotatable bonds is 17. The lowest BCUT2D eigenvalue weighted by Gasteiger charge is -2.29. The molecule has 2 aliphatic heterocycles. The number of carbonyl (C=O) groups is 3. The number of imide groups is 1. The van der Waals surface area contributed by atoms with Crippen LogP contribution in [0.4, 0.5) is 0 Å². The number of fused-ring (bicyclic) bond motifs is 1. The lowest BCUT2D eigenvalue weighted by molar-refractivity contribution is -0.136. The number of benzene rings is 1. The molecule has 2 aliphatic rings. The molecule has 1 aromatic carbocycles. The van der Waals surface area contributed by atoms with E-state index in [0.717, 1.165) is 11.1 Å². The maximum Gasteiger partial charge on any atom is 0.255 e. The molecule has 0 aromatic heterocycles. The van der Waals surface area contributed by atoms with Gasteiger partial charge in [-0.25, -0.2) is 0 Å². The van der Waals surface area contributed by atoms with Crippen molar-refractivity contribution in [1.82, 2.24) is 15.5 Å². The zero-order valence-electron chi connectivity index (χ0n) is 20.1. The zero-order valence-corrected chi connectivity index (χ0v) is 20.1. The fraction of sp³-hybridized carbons (Fsp3) is 0.625. The van der Waals surface area contributed by atoms with Gasteiger partial charge in [0.2, 0.25) is 11.8 Å². The number of nitrogens with one attached hydrogen (secondary N) is 2. The first kappa shape index (κ1) is 27.2. The molecule has 0 spiro atoms. The van der Waals surface area contributed by atoms with E-state index >= 15 is 0 Å². The number of nitrogens with zero attached hydrogens (tertiary/aromatic N) is 1. The highest BCUT2D eigenvalue weighted by Crippen LogP contribution is 2.29. The molecular weight excluding hydrogens is 456 g/mol. The molecule has 1 aromatic rings. The molecule has 1 saturated heterocycles. The van der Waals surface area contributed by atoms with Crippen LogP contribution in [0.5, 0.6) is 0 Å². The van der Waals surface area contributed by atoms with Gasteiger partial charge in [0.05, 0.1) is 52.9 Å². The summed E-state index contributed by atoms with van der Waals surface area (Å²) in [6.45, 7) is 6.14. The standard InChI is InChI=1S/C24H36N4O7/c25-6-8-32-10-12-34-14-15-35-13-11-33-9-7-26-16-18-2-1-3-19-17-28(24(31)22(18)19)20-4-5-21(29)27-23(20)30/h1-3,20,26H,4-17,25H2,(H,27,29,30). The van der Waals surface area contributed by atoms with Crippen LogP contribution in [0.25, 0.3) is 0 Å². The molecule has 194 valence electrons. The molecule has 1 fully saturated rings. The van der Waals surface area contributed by atoms with Crippen molar-refractivity contribution in [2.45, 2.75) is 32.0 Å². The Morgan fingerprint density at radius 2 is 1.60 bits per heavy atom. The van der Waals surface area contributed by atoms with Gasteiger partial charge >= 0.3 is 0 Å². The van der Waals surface area contributed by atoms with Crippen LogP contribution < -0.4 is 16.4 Å². The lowest BCUT2D eigenvalue weighted by atomic mass is 10.0. The van der Waals surface area contributed by atoms with E-state index in [1.807, 2.05) is 18.2 Å². The van der Waals surface area contributed by atoms with E-state index in [1.165, 1.54) is 0 Å². The Morgan fingerprint density at radius 1 is 0.943 bits per heavy atom. The van der Waals surface area contributed by atoms with Gasteiger partial charge in [-0.3, -0.25) is 19.7 Å². The molecule has 0 saturated carbocycles. The van der Waals surface area contributed by atoms with E-state index < -0.39 is 11.9 Å².